The van der Waals surface area contributed by atoms with E-state index < -0.39 is 0 Å². The van der Waals surface area contributed by atoms with Crippen LogP contribution in [-0.2, 0) is 14.3 Å². The van der Waals surface area contributed by atoms with Crippen LogP contribution >= 0.6 is 0 Å². The molecule has 1 aromatic heterocycles. The predicted molar refractivity (Wildman–Crippen MR) is 96.3 cm³/mol. The van der Waals surface area contributed by atoms with Gasteiger partial charge in [0.15, 0.2) is 0 Å². The average molecular weight is 361 g/mol. The normalized spacial score (nSPS) is 19.9. The van der Waals surface area contributed by atoms with Gasteiger partial charge in [-0.25, -0.2) is 9.78 Å². The van der Waals surface area contributed by atoms with Crippen molar-refractivity contribution < 1.29 is 14.3 Å². The number of carbonyl (C=O) groups is 1. The topological polar surface area (TPSA) is 88.8 Å². The molecule has 2 saturated heterocycles. The number of methoxy groups -OCH3 is 1. The zero-order valence-corrected chi connectivity index (χ0v) is 15.5. The number of isocyanates is 1. The summed E-state index contributed by atoms with van der Waals surface area (Å²) in [7, 11) is 1.42. The van der Waals surface area contributed by atoms with Gasteiger partial charge in [-0.1, -0.05) is 0 Å². The summed E-state index contributed by atoms with van der Waals surface area (Å²) in [6.45, 7) is 5.96. The first-order valence-corrected chi connectivity index (χ1v) is 9.30. The summed E-state index contributed by atoms with van der Waals surface area (Å²) in [5.41, 5.74) is 2.15. The Kier molecular flexibility index (Phi) is 6.19. The third-order valence-corrected chi connectivity index (χ3v) is 5.49. The molecular formula is C18H27N5O3. The number of nitrogens with one attached hydrogen (secondary N) is 1. The van der Waals surface area contributed by atoms with Crippen molar-refractivity contribution in [3.8, 4) is 0 Å². The first-order valence-electron chi connectivity index (χ1n) is 9.30. The smallest absolute Gasteiger partial charge is 0.319 e. The predicted octanol–water partition coefficient (Wildman–Crippen LogP) is 1.44. The van der Waals surface area contributed by atoms with Crippen molar-refractivity contribution in [1.29, 1.82) is 0 Å². The number of aryl methyl sites for hydroxylation is 1. The van der Waals surface area contributed by atoms with Crippen LogP contribution in [0.3, 0.4) is 0 Å². The van der Waals surface area contributed by atoms with Crippen molar-refractivity contribution >= 4 is 18.0 Å². The number of esters is 1. The summed E-state index contributed by atoms with van der Waals surface area (Å²) >= 11 is 0. The second kappa shape index (κ2) is 8.58. The van der Waals surface area contributed by atoms with E-state index in [9.17, 15) is 9.59 Å². The Hall–Kier alpha value is -2.02. The molecular weight excluding hydrogens is 334 g/mol. The van der Waals surface area contributed by atoms with E-state index in [1.165, 1.54) is 12.8 Å². The van der Waals surface area contributed by atoms with Gasteiger partial charge in [0.05, 0.1) is 19.3 Å². The molecule has 2 aliphatic heterocycles. The lowest BCUT2D eigenvalue weighted by Crippen LogP contribution is -2.38. The molecule has 0 radical (unpaired) electrons. The number of piperidine rings is 2. The van der Waals surface area contributed by atoms with Crippen molar-refractivity contribution in [2.45, 2.75) is 44.6 Å². The van der Waals surface area contributed by atoms with Gasteiger partial charge >= 0.3 is 5.97 Å². The number of likely N-dealkylation sites (tertiary alicyclic amines) is 1. The molecule has 0 unspecified atom stereocenters. The van der Waals surface area contributed by atoms with Crippen LogP contribution in [0.4, 0.5) is 5.95 Å². The van der Waals surface area contributed by atoms with Crippen molar-refractivity contribution in [2.75, 3.05) is 39.8 Å². The van der Waals surface area contributed by atoms with Crippen LogP contribution in [0, 0.1) is 6.92 Å². The molecule has 8 nitrogen and oxygen atoms in total. The Morgan fingerprint density at radius 1 is 1.31 bits per heavy atom. The molecule has 0 atom stereocenters. The Labute approximate surface area is 153 Å². The maximum Gasteiger partial charge on any atom is 0.319 e. The van der Waals surface area contributed by atoms with Gasteiger partial charge in [0.2, 0.25) is 12.0 Å². The fraction of sp³-hybridized carbons (Fsp3) is 0.722. The maximum absolute atomic E-state index is 11.5. The molecule has 1 aromatic rings. The van der Waals surface area contributed by atoms with Gasteiger partial charge < -0.3 is 14.6 Å². The van der Waals surface area contributed by atoms with Gasteiger partial charge in [0, 0.05) is 17.7 Å². The first kappa shape index (κ1) is 18.8. The number of hydrogen-bond acceptors (Lipinski definition) is 7. The fourth-order valence-corrected chi connectivity index (χ4v) is 4.19. The molecule has 0 saturated carbocycles. The second-order valence-corrected chi connectivity index (χ2v) is 7.06. The first-order chi connectivity index (χ1) is 12.6. The van der Waals surface area contributed by atoms with Crippen molar-refractivity contribution in [1.82, 2.24) is 19.8 Å². The summed E-state index contributed by atoms with van der Waals surface area (Å²) in [5.74, 6) is 0.653. The van der Waals surface area contributed by atoms with Gasteiger partial charge in [-0.15, -0.1) is 4.99 Å². The number of imidazole rings is 1. The summed E-state index contributed by atoms with van der Waals surface area (Å²) in [4.78, 5) is 32.9. The molecule has 2 fully saturated rings. The van der Waals surface area contributed by atoms with E-state index in [1.807, 2.05) is 6.92 Å². The largest absolute Gasteiger partial charge is 0.468 e. The minimum Gasteiger partial charge on any atom is -0.468 e. The summed E-state index contributed by atoms with van der Waals surface area (Å²) in [6.07, 6.45) is 5.58. The molecule has 2 aliphatic rings. The number of hydrogen-bond donors (Lipinski definition) is 1. The van der Waals surface area contributed by atoms with E-state index in [2.05, 4.69) is 24.8 Å². The van der Waals surface area contributed by atoms with Gasteiger partial charge in [0.25, 0.3) is 0 Å². The van der Waals surface area contributed by atoms with Crippen LogP contribution in [-0.4, -0.2) is 66.3 Å². The Morgan fingerprint density at radius 2 is 2.00 bits per heavy atom. The number of ether oxygens (including phenoxy) is 1. The van der Waals surface area contributed by atoms with Gasteiger partial charge in [-0.05, 0) is 58.8 Å². The third-order valence-electron chi connectivity index (χ3n) is 5.49. The molecule has 3 rings (SSSR count). The highest BCUT2D eigenvalue weighted by atomic mass is 16.5. The maximum atomic E-state index is 11.5. The molecule has 142 valence electrons. The second-order valence-electron chi connectivity index (χ2n) is 7.06. The SMILES string of the molecule is COC(=O)CN1CCC(c2c(C)nc(N=C=O)n2C2CCNCC2)CC1. The average Bonchev–Trinajstić information content (AvgIpc) is 2.99. The quantitative estimate of drug-likeness (QED) is 0.485. The zero-order valence-electron chi connectivity index (χ0n) is 15.5. The van der Waals surface area contributed by atoms with Crippen LogP contribution in [0.1, 0.15) is 49.0 Å². The third kappa shape index (κ3) is 4.03. The number of nitrogens with zero attached hydrogens (tertiary/aromatic N) is 4. The molecule has 0 bridgehead atoms. The van der Waals surface area contributed by atoms with Crippen LogP contribution in [0.2, 0.25) is 0 Å². The highest BCUT2D eigenvalue weighted by molar-refractivity contribution is 5.71. The lowest BCUT2D eigenvalue weighted by atomic mass is 9.91. The Balaban J connectivity index is 1.81. The van der Waals surface area contributed by atoms with Crippen LogP contribution in [0.5, 0.6) is 0 Å². The highest BCUT2D eigenvalue weighted by Crippen LogP contribution is 2.37. The molecule has 0 aromatic carbocycles. The molecule has 0 spiro atoms. The number of carbonyl (C=O) groups excluding carboxylic acids is 2. The zero-order chi connectivity index (χ0) is 18.5. The highest BCUT2D eigenvalue weighted by Gasteiger charge is 2.30. The molecule has 1 N–H and O–H groups in total. The monoisotopic (exact) mass is 361 g/mol. The minimum atomic E-state index is -0.193. The molecule has 3 heterocycles. The molecule has 0 aliphatic carbocycles. The van der Waals surface area contributed by atoms with Crippen molar-refractivity contribution in [2.24, 2.45) is 4.99 Å². The summed E-state index contributed by atoms with van der Waals surface area (Å²) in [5, 5.41) is 3.38. The lowest BCUT2D eigenvalue weighted by molar-refractivity contribution is -0.142. The van der Waals surface area contributed by atoms with Gasteiger partial charge in [-0.3, -0.25) is 9.69 Å². The fourth-order valence-electron chi connectivity index (χ4n) is 4.19. The van der Waals surface area contributed by atoms with E-state index in [0.717, 1.165) is 57.6 Å². The van der Waals surface area contributed by atoms with Gasteiger partial charge in [0.1, 0.15) is 0 Å². The van der Waals surface area contributed by atoms with E-state index >= 15 is 0 Å². The molecule has 0 amide bonds. The summed E-state index contributed by atoms with van der Waals surface area (Å²) < 4.78 is 6.94. The Morgan fingerprint density at radius 3 is 2.62 bits per heavy atom. The standard InChI is InChI=1S/C18H27N5O3/c1-13-17(14-5-9-22(10-6-14)11-16(25)26-2)23(18(21-13)20-12-24)15-3-7-19-8-4-15/h14-15,19H,3-11H2,1-2H3. The van der Waals surface area contributed by atoms with Crippen LogP contribution in [0.15, 0.2) is 4.99 Å². The summed E-state index contributed by atoms with van der Waals surface area (Å²) in [6, 6.07) is 0.313. The van der Waals surface area contributed by atoms with E-state index in [-0.39, 0.29) is 5.97 Å². The van der Waals surface area contributed by atoms with Gasteiger partial charge in [-0.2, -0.15) is 0 Å². The number of aliphatic imine (C=N–C) groups is 1. The molecule has 26 heavy (non-hydrogen) atoms. The molecule has 8 heteroatoms. The van der Waals surface area contributed by atoms with Crippen molar-refractivity contribution in [3.63, 3.8) is 0 Å². The van der Waals surface area contributed by atoms with E-state index in [0.29, 0.717) is 24.5 Å². The Bertz CT molecular complexity index is 681. The number of rotatable bonds is 5. The lowest BCUT2D eigenvalue weighted by Gasteiger charge is -2.34. The van der Waals surface area contributed by atoms with Crippen LogP contribution < -0.4 is 5.32 Å². The van der Waals surface area contributed by atoms with Crippen LogP contribution in [0.25, 0.3) is 0 Å². The minimum absolute atomic E-state index is 0.193. The van der Waals surface area contributed by atoms with E-state index in [1.54, 1.807) is 6.08 Å². The number of aromatic nitrogens is 2. The van der Waals surface area contributed by atoms with E-state index in [4.69, 9.17) is 4.74 Å². The van der Waals surface area contributed by atoms with Crippen molar-refractivity contribution in [3.05, 3.63) is 11.4 Å².